The topological polar surface area (TPSA) is 66.0 Å². The summed E-state index contributed by atoms with van der Waals surface area (Å²) in [5.74, 6) is 1.26. The number of thioether (sulfide) groups is 1. The van der Waals surface area contributed by atoms with E-state index in [1.165, 1.54) is 0 Å². The monoisotopic (exact) mass is 512 g/mol. The molecule has 0 atom stereocenters. The van der Waals surface area contributed by atoms with E-state index >= 15 is 0 Å². The third-order valence-corrected chi connectivity index (χ3v) is 6.75. The van der Waals surface area contributed by atoms with Crippen molar-refractivity contribution >= 4 is 47.6 Å². The first-order valence-electron chi connectivity index (χ1n) is 9.96. The molecule has 0 radical (unpaired) electrons. The van der Waals surface area contributed by atoms with E-state index in [-0.39, 0.29) is 40.5 Å². The molecule has 0 aromatic rings. The van der Waals surface area contributed by atoms with Crippen LogP contribution in [0.5, 0.6) is 0 Å². The lowest BCUT2D eigenvalue weighted by Gasteiger charge is -2.35. The number of carbonyl (C=O) groups excluding carboxylic acids is 1. The second kappa shape index (κ2) is 12.4. The lowest BCUT2D eigenvalue weighted by atomic mass is 9.99. The van der Waals surface area contributed by atoms with Crippen LogP contribution >= 0.6 is 35.7 Å². The highest BCUT2D eigenvalue weighted by Crippen LogP contribution is 2.34. The molecule has 2 aliphatic heterocycles. The Hall–Kier alpha value is -0.220. The molecule has 2 heterocycles. The van der Waals surface area contributed by atoms with E-state index in [1.54, 1.807) is 0 Å². The first-order chi connectivity index (χ1) is 12.5. The van der Waals surface area contributed by atoms with Gasteiger partial charge in [-0.25, -0.2) is 0 Å². The summed E-state index contributed by atoms with van der Waals surface area (Å²) in [5.41, 5.74) is 0. The maximum Gasteiger partial charge on any atom is 0.225 e. The number of likely N-dealkylation sites (tertiary alicyclic amines) is 1. The standard InChI is InChI=1S/C19H36N4O2S.HI/c1-5-20-18(21-14-19(26-4)8-12-25-13-9-19)22-16-6-10-23(11-7-16)17(24)15(2)3;/h15-16H,5-14H2,1-4H3,(H2,20,21,22);1H. The van der Waals surface area contributed by atoms with Crippen LogP contribution in [0.2, 0.25) is 0 Å². The van der Waals surface area contributed by atoms with Gasteiger partial charge in [0.05, 0.1) is 6.54 Å². The number of hydrogen-bond acceptors (Lipinski definition) is 4. The van der Waals surface area contributed by atoms with Gasteiger partial charge in [-0.1, -0.05) is 13.8 Å². The molecule has 0 aliphatic carbocycles. The first-order valence-corrected chi connectivity index (χ1v) is 11.2. The molecular weight excluding hydrogens is 475 g/mol. The molecule has 0 aromatic carbocycles. The van der Waals surface area contributed by atoms with Gasteiger partial charge in [0, 0.05) is 49.6 Å². The molecule has 0 saturated carbocycles. The largest absolute Gasteiger partial charge is 0.381 e. The number of amides is 1. The minimum absolute atomic E-state index is 0. The summed E-state index contributed by atoms with van der Waals surface area (Å²) >= 11 is 1.92. The number of halogens is 1. The average molecular weight is 513 g/mol. The van der Waals surface area contributed by atoms with Gasteiger partial charge in [-0.3, -0.25) is 9.79 Å². The van der Waals surface area contributed by atoms with Gasteiger partial charge in [0.25, 0.3) is 0 Å². The van der Waals surface area contributed by atoms with Crippen LogP contribution < -0.4 is 10.6 Å². The predicted octanol–water partition coefficient (Wildman–Crippen LogP) is 2.72. The van der Waals surface area contributed by atoms with E-state index in [0.717, 1.165) is 71.0 Å². The normalized spacial score (nSPS) is 20.9. The molecule has 2 aliphatic rings. The molecule has 1 amide bonds. The van der Waals surface area contributed by atoms with Crippen molar-refractivity contribution in [1.29, 1.82) is 0 Å². The summed E-state index contributed by atoms with van der Waals surface area (Å²) in [6.07, 6.45) is 6.26. The van der Waals surface area contributed by atoms with Crippen LogP contribution in [0.3, 0.4) is 0 Å². The number of hydrogen-bond donors (Lipinski definition) is 2. The SMILES string of the molecule is CCNC(=NCC1(SC)CCOCC1)NC1CCN(C(=O)C(C)C)CC1.I. The van der Waals surface area contributed by atoms with Gasteiger partial charge in [-0.2, -0.15) is 11.8 Å². The summed E-state index contributed by atoms with van der Waals surface area (Å²) in [6, 6.07) is 0.379. The quantitative estimate of drug-likeness (QED) is 0.326. The zero-order valence-corrected chi connectivity index (χ0v) is 20.4. The molecule has 0 unspecified atom stereocenters. The molecule has 27 heavy (non-hydrogen) atoms. The molecule has 2 rings (SSSR count). The fourth-order valence-corrected chi connectivity index (χ4v) is 4.28. The number of carbonyl (C=O) groups is 1. The van der Waals surface area contributed by atoms with Crippen molar-refractivity contribution in [2.75, 3.05) is 45.6 Å². The average Bonchev–Trinajstić information content (AvgIpc) is 2.67. The van der Waals surface area contributed by atoms with Gasteiger partial charge in [0.1, 0.15) is 0 Å². The van der Waals surface area contributed by atoms with E-state index in [4.69, 9.17) is 9.73 Å². The molecule has 0 bridgehead atoms. The Labute approximate surface area is 186 Å². The molecule has 0 aromatic heterocycles. The van der Waals surface area contributed by atoms with E-state index < -0.39 is 0 Å². The highest BCUT2D eigenvalue weighted by Gasteiger charge is 2.32. The molecule has 158 valence electrons. The highest BCUT2D eigenvalue weighted by atomic mass is 127. The molecule has 2 saturated heterocycles. The van der Waals surface area contributed by atoms with E-state index in [9.17, 15) is 4.79 Å². The Kier molecular flexibility index (Phi) is 11.4. The summed E-state index contributed by atoms with van der Waals surface area (Å²) in [5, 5.41) is 6.97. The Morgan fingerprint density at radius 3 is 2.44 bits per heavy atom. The van der Waals surface area contributed by atoms with Crippen LogP contribution in [0.1, 0.15) is 46.5 Å². The minimum atomic E-state index is 0. The van der Waals surface area contributed by atoms with Crippen molar-refractivity contribution in [3.63, 3.8) is 0 Å². The van der Waals surface area contributed by atoms with Crippen molar-refractivity contribution in [2.45, 2.75) is 57.2 Å². The van der Waals surface area contributed by atoms with Crippen LogP contribution in [0.25, 0.3) is 0 Å². The van der Waals surface area contributed by atoms with E-state index in [0.29, 0.717) is 6.04 Å². The zero-order chi connectivity index (χ0) is 19.0. The zero-order valence-electron chi connectivity index (χ0n) is 17.3. The van der Waals surface area contributed by atoms with E-state index in [2.05, 4.69) is 23.8 Å². The van der Waals surface area contributed by atoms with Crippen LogP contribution in [0.4, 0.5) is 0 Å². The maximum absolute atomic E-state index is 12.1. The fraction of sp³-hybridized carbons (Fsp3) is 0.895. The number of aliphatic imine (C=N–C) groups is 1. The molecule has 2 fully saturated rings. The highest BCUT2D eigenvalue weighted by molar-refractivity contribution is 14.0. The van der Waals surface area contributed by atoms with Crippen molar-refractivity contribution < 1.29 is 9.53 Å². The van der Waals surface area contributed by atoms with Gasteiger partial charge in [-0.15, -0.1) is 24.0 Å². The van der Waals surface area contributed by atoms with E-state index in [1.807, 2.05) is 30.5 Å². The lowest BCUT2D eigenvalue weighted by Crippen LogP contribution is -2.50. The van der Waals surface area contributed by atoms with Gasteiger partial charge >= 0.3 is 0 Å². The molecule has 2 N–H and O–H groups in total. The Bertz CT molecular complexity index is 476. The Balaban J connectivity index is 0.00000364. The van der Waals surface area contributed by atoms with Crippen molar-refractivity contribution in [2.24, 2.45) is 10.9 Å². The molecular formula is C19H37IN4O2S. The Morgan fingerprint density at radius 2 is 1.93 bits per heavy atom. The van der Waals surface area contributed by atoms with Crippen LogP contribution in [-0.2, 0) is 9.53 Å². The summed E-state index contributed by atoms with van der Waals surface area (Å²) in [7, 11) is 0. The Morgan fingerprint density at radius 1 is 1.30 bits per heavy atom. The molecule has 0 spiro atoms. The third kappa shape index (κ3) is 7.61. The van der Waals surface area contributed by atoms with Gasteiger partial charge in [0.2, 0.25) is 5.91 Å². The second-order valence-electron chi connectivity index (χ2n) is 7.59. The van der Waals surface area contributed by atoms with Crippen molar-refractivity contribution in [3.8, 4) is 0 Å². The van der Waals surface area contributed by atoms with Gasteiger partial charge in [-0.05, 0) is 38.9 Å². The summed E-state index contributed by atoms with van der Waals surface area (Å²) in [4.78, 5) is 19.0. The number of nitrogens with one attached hydrogen (secondary N) is 2. The fourth-order valence-electron chi connectivity index (χ4n) is 3.52. The van der Waals surface area contributed by atoms with Gasteiger partial charge < -0.3 is 20.3 Å². The number of nitrogens with zero attached hydrogens (tertiary/aromatic N) is 2. The summed E-state index contributed by atoms with van der Waals surface area (Å²) in [6.45, 7) is 11.1. The van der Waals surface area contributed by atoms with Gasteiger partial charge in [0.15, 0.2) is 5.96 Å². The number of rotatable bonds is 6. The molecule has 6 nitrogen and oxygen atoms in total. The third-order valence-electron chi connectivity index (χ3n) is 5.35. The van der Waals surface area contributed by atoms with Crippen molar-refractivity contribution in [1.82, 2.24) is 15.5 Å². The van der Waals surface area contributed by atoms with Crippen LogP contribution in [0.15, 0.2) is 4.99 Å². The number of guanidine groups is 1. The summed E-state index contributed by atoms with van der Waals surface area (Å²) < 4.78 is 5.73. The van der Waals surface area contributed by atoms with Crippen LogP contribution in [-0.4, -0.2) is 73.2 Å². The number of piperidine rings is 1. The minimum Gasteiger partial charge on any atom is -0.381 e. The second-order valence-corrected chi connectivity index (χ2v) is 8.87. The molecule has 8 heteroatoms. The predicted molar refractivity (Wildman–Crippen MR) is 125 cm³/mol. The first kappa shape index (κ1) is 24.8. The lowest BCUT2D eigenvalue weighted by molar-refractivity contribution is -0.135. The smallest absolute Gasteiger partial charge is 0.225 e. The van der Waals surface area contributed by atoms with Crippen LogP contribution in [0, 0.1) is 5.92 Å². The maximum atomic E-state index is 12.1. The number of ether oxygens (including phenoxy) is 1. The van der Waals surface area contributed by atoms with Crippen molar-refractivity contribution in [3.05, 3.63) is 0 Å².